The summed E-state index contributed by atoms with van der Waals surface area (Å²) in [6.45, 7) is 4.26. The van der Waals surface area contributed by atoms with Crippen LogP contribution in [-0.2, 0) is 6.61 Å². The van der Waals surface area contributed by atoms with Gasteiger partial charge in [0, 0.05) is 27.1 Å². The quantitative estimate of drug-likeness (QED) is 0.491. The molecule has 3 nitrogen and oxygen atoms in total. The van der Waals surface area contributed by atoms with Crippen molar-refractivity contribution in [3.05, 3.63) is 85.8 Å². The molecule has 2 aromatic carbocycles. The minimum atomic E-state index is -0.0986. The number of benzene rings is 2. The van der Waals surface area contributed by atoms with E-state index in [1.807, 2.05) is 61.7 Å². The van der Waals surface area contributed by atoms with Crippen LogP contribution in [0.5, 0.6) is 11.5 Å². The number of Topliss-reactive ketones (excluding diaryl/α,β-unsaturated/α-hetero) is 1. The van der Waals surface area contributed by atoms with Gasteiger partial charge in [-0.3, -0.25) is 4.79 Å². The van der Waals surface area contributed by atoms with E-state index in [1.54, 1.807) is 17.4 Å². The Morgan fingerprint density at radius 1 is 1.15 bits per heavy atom. The largest absolute Gasteiger partial charge is 0.488 e. The van der Waals surface area contributed by atoms with Gasteiger partial charge in [-0.15, -0.1) is 11.3 Å². The van der Waals surface area contributed by atoms with Gasteiger partial charge in [0.15, 0.2) is 5.76 Å². The first-order valence-corrected chi connectivity index (χ1v) is 9.78. The van der Waals surface area contributed by atoms with Crippen molar-refractivity contribution in [3.63, 3.8) is 0 Å². The molecule has 0 N–H and O–H groups in total. The highest BCUT2D eigenvalue weighted by atomic mass is 35.5. The Labute approximate surface area is 166 Å². The van der Waals surface area contributed by atoms with Gasteiger partial charge in [0.1, 0.15) is 18.1 Å². The molecule has 0 bridgehead atoms. The molecule has 3 aromatic rings. The predicted octanol–water partition coefficient (Wildman–Crippen LogP) is 6.21. The summed E-state index contributed by atoms with van der Waals surface area (Å²) in [4.78, 5) is 13.7. The first-order valence-electron chi connectivity index (χ1n) is 8.52. The summed E-state index contributed by atoms with van der Waals surface area (Å²) in [5.41, 5.74) is 3.41. The van der Waals surface area contributed by atoms with E-state index in [4.69, 9.17) is 21.1 Å². The van der Waals surface area contributed by atoms with Gasteiger partial charge < -0.3 is 9.47 Å². The third kappa shape index (κ3) is 3.38. The van der Waals surface area contributed by atoms with Crippen LogP contribution >= 0.6 is 22.9 Å². The van der Waals surface area contributed by atoms with Crippen molar-refractivity contribution in [2.75, 3.05) is 0 Å². The van der Waals surface area contributed by atoms with Gasteiger partial charge in [-0.05, 0) is 49.1 Å². The molecule has 0 spiro atoms. The molecule has 0 radical (unpaired) electrons. The van der Waals surface area contributed by atoms with Gasteiger partial charge in [-0.25, -0.2) is 0 Å². The van der Waals surface area contributed by atoms with E-state index < -0.39 is 0 Å². The molecule has 0 unspecified atom stereocenters. The fraction of sp³-hybridized carbons (Fsp3) is 0.136. The normalized spacial score (nSPS) is 14.3. The molecule has 0 fully saturated rings. The van der Waals surface area contributed by atoms with Gasteiger partial charge >= 0.3 is 0 Å². The standard InChI is InChI=1S/C22H17ClO3S/c1-13-9-10-27-20(13)11-19-21(24)16-7-8-18(14(2)22(16)26-19)25-12-15-5-3-4-6-17(15)23/h3-11H,12H2,1-2H3/b19-11-. The van der Waals surface area contributed by atoms with Gasteiger partial charge in [0.2, 0.25) is 5.78 Å². The highest BCUT2D eigenvalue weighted by molar-refractivity contribution is 7.11. The van der Waals surface area contributed by atoms with E-state index in [9.17, 15) is 4.79 Å². The third-order valence-corrected chi connectivity index (χ3v) is 5.88. The van der Waals surface area contributed by atoms with Crippen LogP contribution < -0.4 is 9.47 Å². The number of halogens is 1. The SMILES string of the molecule is Cc1ccsc1/C=C1\Oc2c(ccc(OCc3ccccc3Cl)c2C)C1=O. The van der Waals surface area contributed by atoms with E-state index >= 15 is 0 Å². The number of ketones is 1. The summed E-state index contributed by atoms with van der Waals surface area (Å²) in [5.74, 6) is 1.49. The molecular formula is C22H17ClO3S. The lowest BCUT2D eigenvalue weighted by molar-refractivity contribution is 0.101. The Morgan fingerprint density at radius 2 is 1.96 bits per heavy atom. The number of fused-ring (bicyclic) bond motifs is 1. The summed E-state index contributed by atoms with van der Waals surface area (Å²) in [5, 5.41) is 2.67. The lowest BCUT2D eigenvalue weighted by Gasteiger charge is -2.12. The number of aryl methyl sites for hydroxylation is 1. The molecule has 0 amide bonds. The van der Waals surface area contributed by atoms with Crippen molar-refractivity contribution in [3.8, 4) is 11.5 Å². The number of carbonyl (C=O) groups is 1. The van der Waals surface area contributed by atoms with E-state index in [1.165, 1.54) is 0 Å². The van der Waals surface area contributed by atoms with Crippen LogP contribution in [0.3, 0.4) is 0 Å². The average molecular weight is 397 g/mol. The number of carbonyl (C=O) groups excluding carboxylic acids is 1. The molecule has 5 heteroatoms. The van der Waals surface area contributed by atoms with E-state index in [0.717, 1.165) is 21.6 Å². The third-order valence-electron chi connectivity index (χ3n) is 4.54. The molecular weight excluding hydrogens is 380 g/mol. The average Bonchev–Trinajstić information content (AvgIpc) is 3.20. The first-order chi connectivity index (χ1) is 13.0. The summed E-state index contributed by atoms with van der Waals surface area (Å²) in [6, 6.07) is 13.2. The van der Waals surface area contributed by atoms with Crippen molar-refractivity contribution in [2.24, 2.45) is 0 Å². The van der Waals surface area contributed by atoms with Crippen LogP contribution in [0.1, 0.15) is 31.9 Å². The molecule has 1 aliphatic heterocycles. The number of rotatable bonds is 4. The number of allylic oxidation sites excluding steroid dienone is 1. The second-order valence-electron chi connectivity index (χ2n) is 6.35. The van der Waals surface area contributed by atoms with E-state index in [-0.39, 0.29) is 5.78 Å². The molecule has 2 heterocycles. The minimum Gasteiger partial charge on any atom is -0.488 e. The maximum absolute atomic E-state index is 12.7. The molecule has 136 valence electrons. The number of ether oxygens (including phenoxy) is 2. The summed E-state index contributed by atoms with van der Waals surface area (Å²) in [6.07, 6.45) is 1.81. The lowest BCUT2D eigenvalue weighted by atomic mass is 10.1. The summed E-state index contributed by atoms with van der Waals surface area (Å²) in [7, 11) is 0. The fourth-order valence-electron chi connectivity index (χ4n) is 2.95. The highest BCUT2D eigenvalue weighted by Gasteiger charge is 2.30. The molecule has 0 atom stereocenters. The maximum Gasteiger partial charge on any atom is 0.232 e. The van der Waals surface area contributed by atoms with Crippen LogP contribution in [0.2, 0.25) is 5.02 Å². The molecule has 1 aromatic heterocycles. The van der Waals surface area contributed by atoms with Crippen molar-refractivity contribution in [1.29, 1.82) is 0 Å². The van der Waals surface area contributed by atoms with E-state index in [0.29, 0.717) is 34.5 Å². The zero-order chi connectivity index (χ0) is 19.0. The van der Waals surface area contributed by atoms with Crippen molar-refractivity contribution in [2.45, 2.75) is 20.5 Å². The molecule has 27 heavy (non-hydrogen) atoms. The Kier molecular flexibility index (Phi) is 4.77. The van der Waals surface area contributed by atoms with Gasteiger partial charge in [-0.1, -0.05) is 29.8 Å². The number of hydrogen-bond acceptors (Lipinski definition) is 4. The van der Waals surface area contributed by atoms with Crippen molar-refractivity contribution < 1.29 is 14.3 Å². The number of thiophene rings is 1. The van der Waals surface area contributed by atoms with Crippen molar-refractivity contribution in [1.82, 2.24) is 0 Å². The molecule has 4 rings (SSSR count). The fourth-order valence-corrected chi connectivity index (χ4v) is 3.98. The first kappa shape index (κ1) is 17.8. The maximum atomic E-state index is 12.7. The zero-order valence-electron chi connectivity index (χ0n) is 14.9. The molecule has 1 aliphatic rings. The Hall–Kier alpha value is -2.56. The van der Waals surface area contributed by atoms with Gasteiger partial charge in [0.05, 0.1) is 5.56 Å². The van der Waals surface area contributed by atoms with Gasteiger partial charge in [0.25, 0.3) is 0 Å². The molecule has 0 saturated carbocycles. The second-order valence-corrected chi connectivity index (χ2v) is 7.71. The van der Waals surface area contributed by atoms with Crippen LogP contribution in [0.25, 0.3) is 6.08 Å². The Morgan fingerprint density at radius 3 is 2.70 bits per heavy atom. The molecule has 0 saturated heterocycles. The van der Waals surface area contributed by atoms with Gasteiger partial charge in [-0.2, -0.15) is 0 Å². The zero-order valence-corrected chi connectivity index (χ0v) is 16.5. The van der Waals surface area contributed by atoms with Crippen LogP contribution in [0, 0.1) is 13.8 Å². The van der Waals surface area contributed by atoms with Crippen LogP contribution in [-0.4, -0.2) is 5.78 Å². The highest BCUT2D eigenvalue weighted by Crippen LogP contribution is 2.40. The lowest BCUT2D eigenvalue weighted by Crippen LogP contribution is -1.99. The van der Waals surface area contributed by atoms with Crippen molar-refractivity contribution >= 4 is 34.8 Å². The van der Waals surface area contributed by atoms with Crippen LogP contribution in [0.15, 0.2) is 53.6 Å². The Bertz CT molecular complexity index is 1070. The van der Waals surface area contributed by atoms with Crippen LogP contribution in [0.4, 0.5) is 0 Å². The minimum absolute atomic E-state index is 0.0986. The monoisotopic (exact) mass is 396 g/mol. The topological polar surface area (TPSA) is 35.5 Å². The Balaban J connectivity index is 1.60. The van der Waals surface area contributed by atoms with E-state index in [2.05, 4.69) is 0 Å². The summed E-state index contributed by atoms with van der Waals surface area (Å²) < 4.78 is 11.8. The summed E-state index contributed by atoms with van der Waals surface area (Å²) >= 11 is 7.77. The molecule has 0 aliphatic carbocycles. The second kappa shape index (κ2) is 7.22. The predicted molar refractivity (Wildman–Crippen MR) is 109 cm³/mol. The smallest absolute Gasteiger partial charge is 0.232 e. The number of hydrogen-bond donors (Lipinski definition) is 0.